The van der Waals surface area contributed by atoms with Crippen molar-refractivity contribution in [3.8, 4) is 5.75 Å². The van der Waals surface area contributed by atoms with Gasteiger partial charge in [0, 0.05) is 25.2 Å². The molecule has 0 spiro atoms. The van der Waals surface area contributed by atoms with Gasteiger partial charge in [-0.25, -0.2) is 0 Å². The predicted molar refractivity (Wildman–Crippen MR) is 71.7 cm³/mol. The van der Waals surface area contributed by atoms with Crippen molar-refractivity contribution in [2.24, 2.45) is 0 Å². The number of anilines is 2. The smallest absolute Gasteiger partial charge is 0.121 e. The number of benzene rings is 1. The molecule has 0 aromatic heterocycles. The number of methoxy groups -OCH3 is 1. The van der Waals surface area contributed by atoms with Crippen LogP contribution in [0, 0.1) is 0 Å². The molecule has 1 aliphatic heterocycles. The number of rotatable bonds is 3. The largest absolute Gasteiger partial charge is 0.497 e. The SMILES string of the molecule is COc1ccc(N2CCC(N(C)C)C2)c(N)c1. The summed E-state index contributed by atoms with van der Waals surface area (Å²) >= 11 is 0. The first-order chi connectivity index (χ1) is 8.11. The van der Waals surface area contributed by atoms with Crippen molar-refractivity contribution in [3.05, 3.63) is 18.2 Å². The van der Waals surface area contributed by atoms with E-state index in [0.29, 0.717) is 6.04 Å². The van der Waals surface area contributed by atoms with Crippen molar-refractivity contribution in [1.29, 1.82) is 0 Å². The Balaban J connectivity index is 2.13. The number of nitrogen functional groups attached to an aromatic ring is 1. The third kappa shape index (κ3) is 2.47. The molecule has 1 saturated heterocycles. The lowest BCUT2D eigenvalue weighted by Crippen LogP contribution is -2.31. The molecule has 4 nitrogen and oxygen atoms in total. The van der Waals surface area contributed by atoms with Crippen LogP contribution in [-0.2, 0) is 0 Å². The second-order valence-corrected chi connectivity index (χ2v) is 4.78. The highest BCUT2D eigenvalue weighted by Crippen LogP contribution is 2.30. The van der Waals surface area contributed by atoms with Crippen LogP contribution in [0.2, 0.25) is 0 Å². The molecule has 17 heavy (non-hydrogen) atoms. The Morgan fingerprint density at radius 1 is 1.41 bits per heavy atom. The van der Waals surface area contributed by atoms with Crippen molar-refractivity contribution in [3.63, 3.8) is 0 Å². The van der Waals surface area contributed by atoms with Gasteiger partial charge in [-0.3, -0.25) is 0 Å². The van der Waals surface area contributed by atoms with Gasteiger partial charge in [0.05, 0.1) is 18.5 Å². The Bertz CT molecular complexity index is 392. The quantitative estimate of drug-likeness (QED) is 0.805. The number of hydrogen-bond donors (Lipinski definition) is 1. The maximum Gasteiger partial charge on any atom is 0.121 e. The lowest BCUT2D eigenvalue weighted by molar-refractivity contribution is 0.315. The summed E-state index contributed by atoms with van der Waals surface area (Å²) in [5, 5.41) is 0. The first-order valence-electron chi connectivity index (χ1n) is 5.96. The molecule has 1 aromatic carbocycles. The number of likely N-dealkylation sites (N-methyl/N-ethyl adjacent to an activating group) is 1. The van der Waals surface area contributed by atoms with Gasteiger partial charge in [0.15, 0.2) is 0 Å². The fourth-order valence-electron chi connectivity index (χ4n) is 2.33. The fraction of sp³-hybridized carbons (Fsp3) is 0.538. The summed E-state index contributed by atoms with van der Waals surface area (Å²) in [6.45, 7) is 2.11. The Kier molecular flexibility index (Phi) is 3.43. The summed E-state index contributed by atoms with van der Waals surface area (Å²) in [6, 6.07) is 6.52. The molecular formula is C13H21N3O. The van der Waals surface area contributed by atoms with E-state index in [-0.39, 0.29) is 0 Å². The first-order valence-corrected chi connectivity index (χ1v) is 5.96. The summed E-state index contributed by atoms with van der Waals surface area (Å²) in [7, 11) is 5.92. The summed E-state index contributed by atoms with van der Waals surface area (Å²) < 4.78 is 5.17. The molecule has 1 aromatic rings. The van der Waals surface area contributed by atoms with Gasteiger partial charge in [-0.2, -0.15) is 0 Å². The van der Waals surface area contributed by atoms with Crippen LogP contribution in [0.1, 0.15) is 6.42 Å². The maximum atomic E-state index is 6.06. The predicted octanol–water partition coefficient (Wildman–Crippen LogP) is 1.42. The molecule has 1 heterocycles. The Morgan fingerprint density at radius 3 is 2.71 bits per heavy atom. The van der Waals surface area contributed by atoms with Crippen LogP contribution in [0.25, 0.3) is 0 Å². The van der Waals surface area contributed by atoms with E-state index in [4.69, 9.17) is 10.5 Å². The van der Waals surface area contributed by atoms with Crippen molar-refractivity contribution in [2.45, 2.75) is 12.5 Å². The van der Waals surface area contributed by atoms with E-state index in [0.717, 1.165) is 30.2 Å². The van der Waals surface area contributed by atoms with E-state index in [1.807, 2.05) is 18.2 Å². The van der Waals surface area contributed by atoms with Gasteiger partial charge >= 0.3 is 0 Å². The lowest BCUT2D eigenvalue weighted by atomic mass is 10.2. The molecule has 1 aliphatic rings. The summed E-state index contributed by atoms with van der Waals surface area (Å²) in [5.74, 6) is 0.814. The summed E-state index contributed by atoms with van der Waals surface area (Å²) in [6.07, 6.45) is 1.19. The Labute approximate surface area is 103 Å². The molecule has 2 rings (SSSR count). The standard InChI is InChI=1S/C13H21N3O/c1-15(2)10-6-7-16(9-10)13-5-4-11(17-3)8-12(13)14/h4-5,8,10H,6-7,9,14H2,1-3H3. The average Bonchev–Trinajstić information content (AvgIpc) is 2.78. The van der Waals surface area contributed by atoms with Crippen molar-refractivity contribution in [1.82, 2.24) is 4.90 Å². The van der Waals surface area contributed by atoms with Gasteiger partial charge < -0.3 is 20.3 Å². The van der Waals surface area contributed by atoms with Gasteiger partial charge in [0.2, 0.25) is 0 Å². The van der Waals surface area contributed by atoms with Crippen LogP contribution < -0.4 is 15.4 Å². The Hall–Kier alpha value is -1.42. The van der Waals surface area contributed by atoms with Crippen molar-refractivity contribution < 1.29 is 4.74 Å². The third-order valence-corrected chi connectivity index (χ3v) is 3.47. The minimum Gasteiger partial charge on any atom is -0.497 e. The van der Waals surface area contributed by atoms with Gasteiger partial charge in [-0.15, -0.1) is 0 Å². The van der Waals surface area contributed by atoms with Crippen LogP contribution in [-0.4, -0.2) is 45.2 Å². The van der Waals surface area contributed by atoms with Gasteiger partial charge in [-0.1, -0.05) is 0 Å². The average molecular weight is 235 g/mol. The molecule has 0 radical (unpaired) electrons. The maximum absolute atomic E-state index is 6.06. The molecule has 94 valence electrons. The molecule has 0 amide bonds. The van der Waals surface area contributed by atoms with E-state index in [1.54, 1.807) is 7.11 Å². The topological polar surface area (TPSA) is 41.7 Å². The van der Waals surface area contributed by atoms with Crippen LogP contribution in [0.4, 0.5) is 11.4 Å². The lowest BCUT2D eigenvalue weighted by Gasteiger charge is -2.23. The molecule has 1 atom stereocenters. The number of hydrogen-bond acceptors (Lipinski definition) is 4. The van der Waals surface area contributed by atoms with E-state index in [9.17, 15) is 0 Å². The minimum atomic E-state index is 0.622. The number of ether oxygens (including phenoxy) is 1. The summed E-state index contributed by atoms with van der Waals surface area (Å²) in [4.78, 5) is 4.62. The molecule has 1 fully saturated rings. The highest BCUT2D eigenvalue weighted by Gasteiger charge is 2.25. The molecule has 0 bridgehead atoms. The van der Waals surface area contributed by atoms with E-state index < -0.39 is 0 Å². The molecule has 0 saturated carbocycles. The van der Waals surface area contributed by atoms with Crippen LogP contribution in [0.3, 0.4) is 0 Å². The third-order valence-electron chi connectivity index (χ3n) is 3.47. The molecular weight excluding hydrogens is 214 g/mol. The zero-order valence-electron chi connectivity index (χ0n) is 10.8. The molecule has 2 N–H and O–H groups in total. The second-order valence-electron chi connectivity index (χ2n) is 4.78. The minimum absolute atomic E-state index is 0.622. The van der Waals surface area contributed by atoms with Crippen molar-refractivity contribution >= 4 is 11.4 Å². The van der Waals surface area contributed by atoms with E-state index in [1.165, 1.54) is 6.42 Å². The number of nitrogens with zero attached hydrogens (tertiary/aromatic N) is 2. The van der Waals surface area contributed by atoms with Crippen LogP contribution >= 0.6 is 0 Å². The molecule has 4 heteroatoms. The first kappa shape index (κ1) is 12.0. The summed E-state index contributed by atoms with van der Waals surface area (Å²) in [5.41, 5.74) is 7.98. The number of nitrogens with two attached hydrogens (primary N) is 1. The highest BCUT2D eigenvalue weighted by atomic mass is 16.5. The normalized spacial score (nSPS) is 20.0. The van der Waals surface area contributed by atoms with Gasteiger partial charge in [0.1, 0.15) is 5.75 Å². The zero-order valence-corrected chi connectivity index (χ0v) is 10.8. The van der Waals surface area contributed by atoms with Gasteiger partial charge in [0.25, 0.3) is 0 Å². The zero-order chi connectivity index (χ0) is 12.4. The van der Waals surface area contributed by atoms with E-state index in [2.05, 4.69) is 23.9 Å². The van der Waals surface area contributed by atoms with Crippen LogP contribution in [0.15, 0.2) is 18.2 Å². The van der Waals surface area contributed by atoms with Gasteiger partial charge in [-0.05, 0) is 32.6 Å². The molecule has 0 aliphatic carbocycles. The Morgan fingerprint density at radius 2 is 2.18 bits per heavy atom. The van der Waals surface area contributed by atoms with Crippen molar-refractivity contribution in [2.75, 3.05) is 44.9 Å². The molecule has 1 unspecified atom stereocenters. The fourth-order valence-corrected chi connectivity index (χ4v) is 2.33. The second kappa shape index (κ2) is 4.84. The van der Waals surface area contributed by atoms with Crippen LogP contribution in [0.5, 0.6) is 5.75 Å². The highest BCUT2D eigenvalue weighted by molar-refractivity contribution is 5.70. The monoisotopic (exact) mass is 235 g/mol. The van der Waals surface area contributed by atoms with E-state index >= 15 is 0 Å².